The molecule has 36 heavy (non-hydrogen) atoms. The van der Waals surface area contributed by atoms with E-state index in [0.717, 1.165) is 76.3 Å². The molecule has 2 aromatic heterocycles. The number of rotatable bonds is 5. The zero-order valence-corrected chi connectivity index (χ0v) is 20.8. The highest BCUT2D eigenvalue weighted by molar-refractivity contribution is 6.30. The third-order valence-corrected chi connectivity index (χ3v) is 6.99. The fourth-order valence-corrected chi connectivity index (χ4v) is 5.10. The number of halogens is 1. The number of hydrogen-bond acceptors (Lipinski definition) is 5. The SMILES string of the molecule is COc1ccc(-n2cc(-c3ccccc3)c3c(N4CCN(c5cccc(Cl)c5)CC4)ncnc32)cc1. The molecule has 3 heterocycles. The van der Waals surface area contributed by atoms with E-state index in [1.807, 2.05) is 36.4 Å². The van der Waals surface area contributed by atoms with Gasteiger partial charge in [0.05, 0.1) is 12.5 Å². The zero-order chi connectivity index (χ0) is 24.5. The van der Waals surface area contributed by atoms with Gasteiger partial charge in [-0.25, -0.2) is 9.97 Å². The van der Waals surface area contributed by atoms with E-state index in [9.17, 15) is 0 Å². The summed E-state index contributed by atoms with van der Waals surface area (Å²) in [6.07, 6.45) is 3.85. The molecule has 3 aromatic carbocycles. The molecule has 180 valence electrons. The molecule has 1 aliphatic heterocycles. The van der Waals surface area contributed by atoms with Crippen LogP contribution in [0.1, 0.15) is 0 Å². The van der Waals surface area contributed by atoms with Gasteiger partial charge in [0.25, 0.3) is 0 Å². The van der Waals surface area contributed by atoms with E-state index in [1.54, 1.807) is 13.4 Å². The normalized spacial score (nSPS) is 13.8. The minimum atomic E-state index is 0.764. The van der Waals surface area contributed by atoms with Gasteiger partial charge in [0.1, 0.15) is 17.9 Å². The van der Waals surface area contributed by atoms with Gasteiger partial charge in [0.15, 0.2) is 5.65 Å². The second kappa shape index (κ2) is 9.55. The second-order valence-electron chi connectivity index (χ2n) is 8.83. The molecule has 6 rings (SSSR count). The van der Waals surface area contributed by atoms with Gasteiger partial charge in [-0.2, -0.15) is 0 Å². The summed E-state index contributed by atoms with van der Waals surface area (Å²) >= 11 is 6.24. The van der Waals surface area contributed by atoms with Gasteiger partial charge in [-0.1, -0.05) is 48.0 Å². The topological polar surface area (TPSA) is 46.4 Å². The molecular formula is C29H26ClN5O. The van der Waals surface area contributed by atoms with E-state index in [2.05, 4.69) is 63.0 Å². The number of fused-ring (bicyclic) bond motifs is 1. The number of benzene rings is 3. The van der Waals surface area contributed by atoms with Gasteiger partial charge in [0, 0.05) is 54.3 Å². The van der Waals surface area contributed by atoms with Crippen molar-refractivity contribution in [1.29, 1.82) is 0 Å². The highest BCUT2D eigenvalue weighted by Gasteiger charge is 2.24. The lowest BCUT2D eigenvalue weighted by molar-refractivity contribution is 0.415. The number of hydrogen-bond donors (Lipinski definition) is 0. The Labute approximate surface area is 215 Å². The Morgan fingerprint density at radius 1 is 0.778 bits per heavy atom. The summed E-state index contributed by atoms with van der Waals surface area (Å²) < 4.78 is 7.50. The van der Waals surface area contributed by atoms with Crippen LogP contribution in [0.4, 0.5) is 11.5 Å². The maximum Gasteiger partial charge on any atom is 0.150 e. The zero-order valence-electron chi connectivity index (χ0n) is 20.0. The third-order valence-electron chi connectivity index (χ3n) is 6.75. The van der Waals surface area contributed by atoms with Crippen LogP contribution in [0.15, 0.2) is 91.4 Å². The van der Waals surface area contributed by atoms with Crippen LogP contribution in [0.2, 0.25) is 5.02 Å². The Morgan fingerprint density at radius 2 is 1.53 bits per heavy atom. The summed E-state index contributed by atoms with van der Waals surface area (Å²) in [5, 5.41) is 1.83. The maximum absolute atomic E-state index is 6.24. The lowest BCUT2D eigenvalue weighted by atomic mass is 10.1. The lowest BCUT2D eigenvalue weighted by Crippen LogP contribution is -2.46. The number of aromatic nitrogens is 3. The molecule has 1 saturated heterocycles. The average Bonchev–Trinajstić information content (AvgIpc) is 3.34. The molecule has 5 aromatic rings. The quantitative estimate of drug-likeness (QED) is 0.296. The number of ether oxygens (including phenoxy) is 1. The van der Waals surface area contributed by atoms with Crippen LogP contribution in [0.3, 0.4) is 0 Å². The highest BCUT2D eigenvalue weighted by Crippen LogP contribution is 2.37. The predicted molar refractivity (Wildman–Crippen MR) is 147 cm³/mol. The Bertz CT molecular complexity index is 1490. The maximum atomic E-state index is 6.24. The average molecular weight is 496 g/mol. The van der Waals surface area contributed by atoms with E-state index in [-0.39, 0.29) is 0 Å². The lowest BCUT2D eigenvalue weighted by Gasteiger charge is -2.37. The minimum absolute atomic E-state index is 0.764. The highest BCUT2D eigenvalue weighted by atomic mass is 35.5. The molecule has 6 nitrogen and oxygen atoms in total. The molecule has 0 saturated carbocycles. The third kappa shape index (κ3) is 4.14. The van der Waals surface area contributed by atoms with E-state index >= 15 is 0 Å². The summed E-state index contributed by atoms with van der Waals surface area (Å²) in [7, 11) is 1.68. The predicted octanol–water partition coefficient (Wildman–Crippen LogP) is 6.08. The molecule has 0 spiro atoms. The fourth-order valence-electron chi connectivity index (χ4n) is 4.91. The molecule has 0 radical (unpaired) electrons. The molecule has 0 atom stereocenters. The van der Waals surface area contributed by atoms with Crippen LogP contribution < -0.4 is 14.5 Å². The molecular weight excluding hydrogens is 470 g/mol. The summed E-state index contributed by atoms with van der Waals surface area (Å²) in [5.74, 6) is 1.79. The summed E-state index contributed by atoms with van der Waals surface area (Å²) in [4.78, 5) is 14.3. The van der Waals surface area contributed by atoms with Crippen molar-refractivity contribution in [3.8, 4) is 22.6 Å². The molecule has 0 bridgehead atoms. The van der Waals surface area contributed by atoms with Crippen LogP contribution in [-0.4, -0.2) is 47.8 Å². The van der Waals surface area contributed by atoms with Crippen molar-refractivity contribution in [3.63, 3.8) is 0 Å². The molecule has 0 aliphatic carbocycles. The van der Waals surface area contributed by atoms with Crippen LogP contribution in [0, 0.1) is 0 Å². The Hall–Kier alpha value is -4.03. The van der Waals surface area contributed by atoms with Gasteiger partial charge < -0.3 is 19.1 Å². The van der Waals surface area contributed by atoms with Crippen molar-refractivity contribution in [2.75, 3.05) is 43.1 Å². The van der Waals surface area contributed by atoms with Crippen LogP contribution in [-0.2, 0) is 0 Å². The van der Waals surface area contributed by atoms with Crippen molar-refractivity contribution in [2.24, 2.45) is 0 Å². The molecule has 0 N–H and O–H groups in total. The summed E-state index contributed by atoms with van der Waals surface area (Å²) in [6, 6.07) is 26.6. The molecule has 0 amide bonds. The smallest absolute Gasteiger partial charge is 0.150 e. The molecule has 1 fully saturated rings. The first-order chi connectivity index (χ1) is 17.7. The second-order valence-corrected chi connectivity index (χ2v) is 9.26. The van der Waals surface area contributed by atoms with E-state index in [1.165, 1.54) is 0 Å². The van der Waals surface area contributed by atoms with Crippen molar-refractivity contribution in [1.82, 2.24) is 14.5 Å². The summed E-state index contributed by atoms with van der Waals surface area (Å²) in [5.41, 5.74) is 5.34. The first kappa shape index (κ1) is 22.4. The van der Waals surface area contributed by atoms with E-state index < -0.39 is 0 Å². The Balaban J connectivity index is 1.41. The van der Waals surface area contributed by atoms with Gasteiger partial charge >= 0.3 is 0 Å². The van der Waals surface area contributed by atoms with Crippen molar-refractivity contribution in [3.05, 3.63) is 96.4 Å². The summed E-state index contributed by atoms with van der Waals surface area (Å²) in [6.45, 7) is 3.51. The fraction of sp³-hybridized carbons (Fsp3) is 0.172. The van der Waals surface area contributed by atoms with Gasteiger partial charge in [-0.05, 0) is 48.0 Å². The van der Waals surface area contributed by atoms with Crippen LogP contribution in [0.5, 0.6) is 5.75 Å². The van der Waals surface area contributed by atoms with Gasteiger partial charge in [0.2, 0.25) is 0 Å². The van der Waals surface area contributed by atoms with Crippen LogP contribution >= 0.6 is 11.6 Å². The van der Waals surface area contributed by atoms with Gasteiger partial charge in [-0.15, -0.1) is 0 Å². The number of nitrogens with zero attached hydrogens (tertiary/aromatic N) is 5. The van der Waals surface area contributed by atoms with E-state index in [4.69, 9.17) is 26.3 Å². The van der Waals surface area contributed by atoms with Crippen LogP contribution in [0.25, 0.3) is 27.8 Å². The van der Waals surface area contributed by atoms with Crippen molar-refractivity contribution < 1.29 is 4.74 Å². The van der Waals surface area contributed by atoms with Crippen molar-refractivity contribution in [2.45, 2.75) is 0 Å². The largest absolute Gasteiger partial charge is 0.497 e. The minimum Gasteiger partial charge on any atom is -0.497 e. The van der Waals surface area contributed by atoms with E-state index in [0.29, 0.717) is 0 Å². The molecule has 1 aliphatic rings. The molecule has 7 heteroatoms. The number of methoxy groups -OCH3 is 1. The molecule has 0 unspecified atom stereocenters. The first-order valence-electron chi connectivity index (χ1n) is 12.0. The monoisotopic (exact) mass is 495 g/mol. The standard InChI is InChI=1S/C29H26ClN5O/c1-36-25-12-10-23(11-13-25)35-19-26(21-6-3-2-4-7-21)27-28(31-20-32-29(27)35)34-16-14-33(15-17-34)24-9-5-8-22(30)18-24/h2-13,18-20H,14-17H2,1H3. The number of piperazine rings is 1. The van der Waals surface area contributed by atoms with Gasteiger partial charge in [-0.3, -0.25) is 0 Å². The Morgan fingerprint density at radius 3 is 2.25 bits per heavy atom. The first-order valence-corrected chi connectivity index (χ1v) is 12.4. The van der Waals surface area contributed by atoms with Crippen molar-refractivity contribution >= 4 is 34.1 Å². The Kier molecular flexibility index (Phi) is 5.95. The number of anilines is 2.